The highest BCUT2D eigenvalue weighted by Crippen LogP contribution is 2.22. The van der Waals surface area contributed by atoms with Crippen molar-refractivity contribution in [1.29, 1.82) is 10.5 Å². The summed E-state index contributed by atoms with van der Waals surface area (Å²) < 4.78 is 0. The zero-order valence-corrected chi connectivity index (χ0v) is 16.0. The van der Waals surface area contributed by atoms with E-state index in [1.54, 1.807) is 0 Å². The standard InChI is InChI=1S/C11H10N2O2.C10H12N2O2/c12-5-8-7-3-1-2-4-10(14)9(7)6-13-11(8)15;11-6-9(10(12)14)7-3-1-2-4-8(13)5-7/h6H,1-4H2,(H,13,15);5,9H,1-4H2,(H2,12,14). The molecule has 0 saturated carbocycles. The summed E-state index contributed by atoms with van der Waals surface area (Å²) in [4.78, 5) is 47.5. The smallest absolute Gasteiger partial charge is 0.266 e. The van der Waals surface area contributed by atoms with Crippen molar-refractivity contribution < 1.29 is 14.4 Å². The molecule has 0 aromatic carbocycles. The van der Waals surface area contributed by atoms with Gasteiger partial charge in [0.05, 0.1) is 6.07 Å². The third kappa shape index (κ3) is 5.49. The Bertz CT molecular complexity index is 991. The molecule has 2 aliphatic rings. The van der Waals surface area contributed by atoms with Crippen LogP contribution in [0.4, 0.5) is 0 Å². The average Bonchev–Trinajstić information content (AvgIpc) is 3.00. The molecule has 1 unspecified atom stereocenters. The molecule has 2 aliphatic carbocycles. The van der Waals surface area contributed by atoms with Gasteiger partial charge in [-0.15, -0.1) is 0 Å². The van der Waals surface area contributed by atoms with Gasteiger partial charge in [-0.2, -0.15) is 10.5 Å². The Hall–Kier alpha value is -3.52. The summed E-state index contributed by atoms with van der Waals surface area (Å²) in [5.41, 5.74) is 6.48. The largest absolute Gasteiger partial charge is 0.368 e. The van der Waals surface area contributed by atoms with Crippen molar-refractivity contribution in [2.24, 2.45) is 11.7 Å². The molecular weight excluding hydrogens is 372 g/mol. The molecule has 8 heteroatoms. The van der Waals surface area contributed by atoms with Gasteiger partial charge in [-0.25, -0.2) is 0 Å². The van der Waals surface area contributed by atoms with Gasteiger partial charge in [-0.3, -0.25) is 19.2 Å². The minimum atomic E-state index is -0.933. The van der Waals surface area contributed by atoms with Crippen LogP contribution in [0.1, 0.15) is 66.4 Å². The maximum absolute atomic E-state index is 11.7. The first kappa shape index (κ1) is 21.8. The van der Waals surface area contributed by atoms with Gasteiger partial charge in [-0.05, 0) is 55.7 Å². The number of fused-ring (bicyclic) bond motifs is 1. The monoisotopic (exact) mass is 394 g/mol. The van der Waals surface area contributed by atoms with E-state index in [1.165, 1.54) is 12.3 Å². The van der Waals surface area contributed by atoms with E-state index < -0.39 is 17.4 Å². The number of aromatic amines is 1. The van der Waals surface area contributed by atoms with E-state index >= 15 is 0 Å². The quantitative estimate of drug-likeness (QED) is 0.728. The number of pyridine rings is 1. The van der Waals surface area contributed by atoms with Gasteiger partial charge in [0.15, 0.2) is 11.6 Å². The predicted octanol–water partition coefficient (Wildman–Crippen LogP) is 1.84. The summed E-state index contributed by atoms with van der Waals surface area (Å²) in [6.45, 7) is 0. The molecule has 0 saturated heterocycles. The van der Waals surface area contributed by atoms with Crippen LogP contribution in [-0.2, 0) is 16.0 Å². The lowest BCUT2D eigenvalue weighted by Gasteiger charge is -2.07. The molecule has 0 bridgehead atoms. The van der Waals surface area contributed by atoms with Crippen LogP contribution in [0.2, 0.25) is 0 Å². The Morgan fingerprint density at radius 3 is 2.34 bits per heavy atom. The third-order valence-corrected chi connectivity index (χ3v) is 4.96. The van der Waals surface area contributed by atoms with Crippen LogP contribution in [0.15, 0.2) is 22.6 Å². The molecule has 1 aromatic rings. The lowest BCUT2D eigenvalue weighted by atomic mass is 9.96. The number of carbonyl (C=O) groups is 3. The lowest BCUT2D eigenvalue weighted by molar-refractivity contribution is -0.119. The first-order chi connectivity index (χ1) is 13.9. The number of nitrogens with zero attached hydrogens (tertiary/aromatic N) is 2. The number of Topliss-reactive ketones (excluding diaryl/α,β-unsaturated/α-hetero) is 1. The number of H-pyrrole nitrogens is 1. The highest BCUT2D eigenvalue weighted by Gasteiger charge is 2.22. The van der Waals surface area contributed by atoms with Crippen molar-refractivity contribution in [2.75, 3.05) is 0 Å². The van der Waals surface area contributed by atoms with E-state index in [2.05, 4.69) is 4.98 Å². The van der Waals surface area contributed by atoms with Crippen molar-refractivity contribution >= 4 is 17.5 Å². The fourth-order valence-corrected chi connectivity index (χ4v) is 3.45. The highest BCUT2D eigenvalue weighted by atomic mass is 16.1. The highest BCUT2D eigenvalue weighted by molar-refractivity contribution is 5.98. The molecule has 1 heterocycles. The summed E-state index contributed by atoms with van der Waals surface area (Å²) in [6.07, 6.45) is 8.45. The van der Waals surface area contributed by atoms with Gasteiger partial charge in [0.25, 0.3) is 5.56 Å². The number of hydrogen-bond acceptors (Lipinski definition) is 6. The number of primary amides is 1. The SMILES string of the molecule is N#CC(C(N)=O)C1=CC(=O)CCCC1.N#Cc1c2c(c[nH]c1=O)C(=O)CCCC2. The number of nitrogens with two attached hydrogens (primary N) is 1. The predicted molar refractivity (Wildman–Crippen MR) is 104 cm³/mol. The fourth-order valence-electron chi connectivity index (χ4n) is 3.45. The number of hydrogen-bond donors (Lipinski definition) is 2. The minimum Gasteiger partial charge on any atom is -0.368 e. The van der Waals surface area contributed by atoms with Crippen LogP contribution in [-0.4, -0.2) is 22.5 Å². The lowest BCUT2D eigenvalue weighted by Crippen LogP contribution is -2.23. The van der Waals surface area contributed by atoms with Crippen LogP contribution in [0.25, 0.3) is 0 Å². The first-order valence-corrected chi connectivity index (χ1v) is 9.49. The maximum Gasteiger partial charge on any atom is 0.266 e. The van der Waals surface area contributed by atoms with E-state index in [0.29, 0.717) is 42.4 Å². The summed E-state index contributed by atoms with van der Waals surface area (Å²) in [5.74, 6) is -1.60. The van der Waals surface area contributed by atoms with Gasteiger partial charge in [0.1, 0.15) is 17.6 Å². The molecule has 0 spiro atoms. The molecule has 1 aromatic heterocycles. The van der Waals surface area contributed by atoms with Gasteiger partial charge < -0.3 is 10.7 Å². The molecule has 1 atom stereocenters. The van der Waals surface area contributed by atoms with Crippen molar-refractivity contribution in [3.05, 3.63) is 44.9 Å². The molecule has 29 heavy (non-hydrogen) atoms. The second-order valence-electron chi connectivity index (χ2n) is 6.98. The van der Waals surface area contributed by atoms with Crippen LogP contribution < -0.4 is 11.3 Å². The Morgan fingerprint density at radius 1 is 1.03 bits per heavy atom. The van der Waals surface area contributed by atoms with Gasteiger partial charge >= 0.3 is 0 Å². The van der Waals surface area contributed by atoms with Crippen LogP contribution in [0.3, 0.4) is 0 Å². The number of amides is 1. The van der Waals surface area contributed by atoms with Crippen molar-refractivity contribution in [3.8, 4) is 12.1 Å². The molecular formula is C21H22N4O4. The first-order valence-electron chi connectivity index (χ1n) is 9.49. The second-order valence-corrected chi connectivity index (χ2v) is 6.98. The van der Waals surface area contributed by atoms with E-state index in [1.807, 2.05) is 12.1 Å². The third-order valence-electron chi connectivity index (χ3n) is 4.96. The van der Waals surface area contributed by atoms with Crippen LogP contribution in [0, 0.1) is 28.6 Å². The topological polar surface area (TPSA) is 158 Å². The number of aromatic nitrogens is 1. The van der Waals surface area contributed by atoms with E-state index in [4.69, 9.17) is 16.3 Å². The second kappa shape index (κ2) is 10.1. The Balaban J connectivity index is 0.000000208. The fraction of sp³-hybridized carbons (Fsp3) is 0.429. The molecule has 1 amide bonds. The van der Waals surface area contributed by atoms with Crippen molar-refractivity contribution in [2.45, 2.75) is 51.4 Å². The van der Waals surface area contributed by atoms with Crippen molar-refractivity contribution in [1.82, 2.24) is 4.98 Å². The average molecular weight is 394 g/mol. The molecule has 0 radical (unpaired) electrons. The number of ketones is 2. The van der Waals surface area contributed by atoms with Gasteiger partial charge in [-0.1, -0.05) is 0 Å². The number of rotatable bonds is 2. The van der Waals surface area contributed by atoms with Gasteiger partial charge in [0, 0.05) is 24.6 Å². The van der Waals surface area contributed by atoms with Gasteiger partial charge in [0.2, 0.25) is 5.91 Å². The molecule has 3 rings (SSSR count). The minimum absolute atomic E-state index is 0.0148. The van der Waals surface area contributed by atoms with E-state index in [9.17, 15) is 19.2 Å². The summed E-state index contributed by atoms with van der Waals surface area (Å²) in [7, 11) is 0. The molecule has 150 valence electrons. The molecule has 0 fully saturated rings. The Kier molecular flexibility index (Phi) is 7.62. The number of carbonyl (C=O) groups excluding carboxylic acids is 3. The molecule has 8 nitrogen and oxygen atoms in total. The molecule has 0 aliphatic heterocycles. The van der Waals surface area contributed by atoms with Crippen LogP contribution in [0.5, 0.6) is 0 Å². The number of nitrogens with one attached hydrogen (secondary N) is 1. The zero-order chi connectivity index (χ0) is 21.4. The number of nitriles is 2. The molecule has 3 N–H and O–H groups in total. The Labute approximate surface area is 168 Å². The van der Waals surface area contributed by atoms with Crippen LogP contribution >= 0.6 is 0 Å². The number of allylic oxidation sites excluding steroid dienone is 1. The van der Waals surface area contributed by atoms with E-state index in [0.717, 1.165) is 25.7 Å². The summed E-state index contributed by atoms with van der Waals surface area (Å²) in [5, 5.41) is 17.6. The van der Waals surface area contributed by atoms with E-state index in [-0.39, 0.29) is 17.1 Å². The normalized spacial score (nSPS) is 17.1. The summed E-state index contributed by atoms with van der Waals surface area (Å²) >= 11 is 0. The Morgan fingerprint density at radius 2 is 1.69 bits per heavy atom. The maximum atomic E-state index is 11.7. The van der Waals surface area contributed by atoms with Crippen molar-refractivity contribution in [3.63, 3.8) is 0 Å². The summed E-state index contributed by atoms with van der Waals surface area (Å²) in [6, 6.07) is 3.70. The zero-order valence-electron chi connectivity index (χ0n) is 16.0.